The number of carbonyl (C=O) groups excluding carboxylic acids is 1. The van der Waals surface area contributed by atoms with Gasteiger partial charge in [0, 0.05) is 12.1 Å². The van der Waals surface area contributed by atoms with E-state index in [0.717, 1.165) is 0 Å². The van der Waals surface area contributed by atoms with Crippen LogP contribution in [0.25, 0.3) is 0 Å². The fraction of sp³-hybridized carbons (Fsp3) is 0.500. The Hall–Kier alpha value is -0.730. The van der Waals surface area contributed by atoms with Crippen LogP contribution in [-0.4, -0.2) is 5.91 Å². The molecule has 0 unspecified atom stereocenters. The van der Waals surface area contributed by atoms with Crippen molar-refractivity contribution in [3.05, 3.63) is 28.2 Å². The lowest BCUT2D eigenvalue weighted by Crippen LogP contribution is -2.18. The van der Waals surface area contributed by atoms with Gasteiger partial charge in [-0.05, 0) is 37.0 Å². The SMILES string of the molecule is O=C(CC1CCCCC1)Nc1ccc(Cl)c(Cl)c1. The van der Waals surface area contributed by atoms with Crippen molar-refractivity contribution in [2.45, 2.75) is 38.5 Å². The smallest absolute Gasteiger partial charge is 0.224 e. The summed E-state index contributed by atoms with van der Waals surface area (Å²) in [5.41, 5.74) is 0.713. The molecule has 0 radical (unpaired) electrons. The Morgan fingerprint density at radius 3 is 2.56 bits per heavy atom. The first kappa shape index (κ1) is 13.7. The van der Waals surface area contributed by atoms with Gasteiger partial charge in [-0.3, -0.25) is 4.79 Å². The number of benzene rings is 1. The van der Waals surface area contributed by atoms with E-state index in [1.165, 1.54) is 32.1 Å². The van der Waals surface area contributed by atoms with Crippen molar-refractivity contribution in [2.24, 2.45) is 5.92 Å². The number of carbonyl (C=O) groups is 1. The minimum Gasteiger partial charge on any atom is -0.326 e. The minimum absolute atomic E-state index is 0.0697. The average Bonchev–Trinajstić information content (AvgIpc) is 2.35. The molecule has 1 aromatic carbocycles. The van der Waals surface area contributed by atoms with Gasteiger partial charge in [-0.1, -0.05) is 42.5 Å². The number of hydrogen-bond donors (Lipinski definition) is 1. The van der Waals surface area contributed by atoms with Gasteiger partial charge in [0.2, 0.25) is 5.91 Å². The number of amides is 1. The molecule has 1 aromatic rings. The van der Waals surface area contributed by atoms with E-state index in [2.05, 4.69) is 5.32 Å². The van der Waals surface area contributed by atoms with Gasteiger partial charge in [0.05, 0.1) is 10.0 Å². The Morgan fingerprint density at radius 1 is 1.17 bits per heavy atom. The molecule has 4 heteroatoms. The zero-order valence-corrected chi connectivity index (χ0v) is 11.7. The Balaban J connectivity index is 1.88. The second-order valence-electron chi connectivity index (χ2n) is 4.89. The maximum Gasteiger partial charge on any atom is 0.224 e. The standard InChI is InChI=1S/C14H17Cl2NO/c15-12-7-6-11(9-13(12)16)17-14(18)8-10-4-2-1-3-5-10/h6-7,9-10H,1-5,8H2,(H,17,18). The fourth-order valence-corrected chi connectivity index (χ4v) is 2.74. The molecule has 0 saturated heterocycles. The topological polar surface area (TPSA) is 29.1 Å². The average molecular weight is 286 g/mol. The highest BCUT2D eigenvalue weighted by Crippen LogP contribution is 2.28. The summed E-state index contributed by atoms with van der Waals surface area (Å²) in [5.74, 6) is 0.613. The van der Waals surface area contributed by atoms with Crippen molar-refractivity contribution in [1.82, 2.24) is 0 Å². The number of hydrogen-bond acceptors (Lipinski definition) is 1. The number of rotatable bonds is 3. The largest absolute Gasteiger partial charge is 0.326 e. The van der Waals surface area contributed by atoms with E-state index in [9.17, 15) is 4.79 Å². The second-order valence-corrected chi connectivity index (χ2v) is 5.70. The van der Waals surface area contributed by atoms with E-state index in [1.54, 1.807) is 18.2 Å². The van der Waals surface area contributed by atoms with E-state index in [4.69, 9.17) is 23.2 Å². The summed E-state index contributed by atoms with van der Waals surface area (Å²) in [6.07, 6.45) is 6.78. The Morgan fingerprint density at radius 2 is 1.89 bits per heavy atom. The van der Waals surface area contributed by atoms with Crippen LogP contribution in [0.1, 0.15) is 38.5 Å². The molecule has 1 aliphatic rings. The molecule has 0 spiro atoms. The van der Waals surface area contributed by atoms with Crippen molar-refractivity contribution in [3.63, 3.8) is 0 Å². The fourth-order valence-electron chi connectivity index (χ4n) is 2.44. The molecule has 18 heavy (non-hydrogen) atoms. The number of nitrogens with one attached hydrogen (secondary N) is 1. The van der Waals surface area contributed by atoms with Crippen molar-refractivity contribution in [3.8, 4) is 0 Å². The summed E-state index contributed by atoms with van der Waals surface area (Å²) in [5, 5.41) is 3.84. The van der Waals surface area contributed by atoms with E-state index in [-0.39, 0.29) is 5.91 Å². The minimum atomic E-state index is 0.0697. The molecule has 1 saturated carbocycles. The molecule has 1 N–H and O–H groups in total. The first-order valence-electron chi connectivity index (χ1n) is 6.40. The quantitative estimate of drug-likeness (QED) is 0.841. The summed E-state index contributed by atoms with van der Waals surface area (Å²) in [6.45, 7) is 0. The molecule has 2 nitrogen and oxygen atoms in total. The molecular weight excluding hydrogens is 269 g/mol. The predicted molar refractivity (Wildman–Crippen MR) is 76.3 cm³/mol. The Labute approximate surface area is 118 Å². The van der Waals surface area contributed by atoms with Crippen LogP contribution in [-0.2, 0) is 4.79 Å². The van der Waals surface area contributed by atoms with Crippen molar-refractivity contribution in [2.75, 3.05) is 5.32 Å². The molecule has 1 amide bonds. The zero-order chi connectivity index (χ0) is 13.0. The van der Waals surface area contributed by atoms with Crippen molar-refractivity contribution < 1.29 is 4.79 Å². The maximum atomic E-state index is 11.9. The van der Waals surface area contributed by atoms with E-state index < -0.39 is 0 Å². The summed E-state index contributed by atoms with van der Waals surface area (Å²) in [7, 11) is 0. The van der Waals surface area contributed by atoms with Gasteiger partial charge in [0.1, 0.15) is 0 Å². The highest BCUT2D eigenvalue weighted by Gasteiger charge is 2.17. The highest BCUT2D eigenvalue weighted by atomic mass is 35.5. The number of anilines is 1. The van der Waals surface area contributed by atoms with Gasteiger partial charge < -0.3 is 5.32 Å². The second kappa shape index (κ2) is 6.44. The van der Waals surface area contributed by atoms with Gasteiger partial charge in [0.25, 0.3) is 0 Å². The zero-order valence-electron chi connectivity index (χ0n) is 10.2. The Kier molecular flexibility index (Phi) is 4.90. The van der Waals surface area contributed by atoms with Gasteiger partial charge >= 0.3 is 0 Å². The maximum absolute atomic E-state index is 11.9. The van der Waals surface area contributed by atoms with Crippen molar-refractivity contribution in [1.29, 1.82) is 0 Å². The third-order valence-corrected chi connectivity index (χ3v) is 4.14. The van der Waals surface area contributed by atoms with Crippen LogP contribution in [0.2, 0.25) is 10.0 Å². The lowest BCUT2D eigenvalue weighted by molar-refractivity contribution is -0.117. The summed E-state index contributed by atoms with van der Waals surface area (Å²) in [6, 6.07) is 5.15. The van der Waals surface area contributed by atoms with Gasteiger partial charge in [-0.15, -0.1) is 0 Å². The van der Waals surface area contributed by atoms with E-state index >= 15 is 0 Å². The summed E-state index contributed by atoms with van der Waals surface area (Å²) >= 11 is 11.7. The van der Waals surface area contributed by atoms with Gasteiger partial charge in [-0.2, -0.15) is 0 Å². The van der Waals surface area contributed by atoms with Crippen LogP contribution < -0.4 is 5.32 Å². The Bertz CT molecular complexity index is 428. The first-order valence-corrected chi connectivity index (χ1v) is 7.15. The highest BCUT2D eigenvalue weighted by molar-refractivity contribution is 6.42. The third-order valence-electron chi connectivity index (χ3n) is 3.40. The van der Waals surface area contributed by atoms with Crippen molar-refractivity contribution >= 4 is 34.8 Å². The van der Waals surface area contributed by atoms with Gasteiger partial charge in [0.15, 0.2) is 0 Å². The van der Waals surface area contributed by atoms with Crippen LogP contribution in [0, 0.1) is 5.92 Å². The molecule has 2 rings (SSSR count). The number of halogens is 2. The molecular formula is C14H17Cl2NO. The molecule has 1 fully saturated rings. The van der Waals surface area contributed by atoms with Crippen LogP contribution in [0.5, 0.6) is 0 Å². The summed E-state index contributed by atoms with van der Waals surface area (Å²) in [4.78, 5) is 11.9. The van der Waals surface area contributed by atoms with Crippen LogP contribution >= 0.6 is 23.2 Å². The lowest BCUT2D eigenvalue weighted by atomic mass is 9.87. The van der Waals surface area contributed by atoms with Crippen LogP contribution in [0.3, 0.4) is 0 Å². The molecule has 0 heterocycles. The molecule has 0 atom stereocenters. The van der Waals surface area contributed by atoms with E-state index in [1.807, 2.05) is 0 Å². The normalized spacial score (nSPS) is 16.6. The third kappa shape index (κ3) is 3.89. The van der Waals surface area contributed by atoms with E-state index in [0.29, 0.717) is 28.1 Å². The van der Waals surface area contributed by atoms with Gasteiger partial charge in [-0.25, -0.2) is 0 Å². The lowest BCUT2D eigenvalue weighted by Gasteiger charge is -2.20. The molecule has 0 aromatic heterocycles. The van der Waals surface area contributed by atoms with Crippen LogP contribution in [0.15, 0.2) is 18.2 Å². The molecule has 1 aliphatic carbocycles. The predicted octanol–water partition coefficient (Wildman–Crippen LogP) is 4.90. The summed E-state index contributed by atoms with van der Waals surface area (Å²) < 4.78 is 0. The monoisotopic (exact) mass is 285 g/mol. The van der Waals surface area contributed by atoms with Crippen LogP contribution in [0.4, 0.5) is 5.69 Å². The molecule has 0 aliphatic heterocycles. The first-order chi connectivity index (χ1) is 8.65. The molecule has 98 valence electrons. The molecule has 0 bridgehead atoms.